The number of thiophene rings is 1. The third kappa shape index (κ3) is 4.55. The van der Waals surface area contributed by atoms with E-state index < -0.39 is 21.8 Å². The number of benzene rings is 1. The molecule has 2 amide bonds. The van der Waals surface area contributed by atoms with Crippen molar-refractivity contribution in [2.24, 2.45) is 5.73 Å². The van der Waals surface area contributed by atoms with Crippen molar-refractivity contribution in [2.45, 2.75) is 30.6 Å². The molecule has 0 spiro atoms. The summed E-state index contributed by atoms with van der Waals surface area (Å²) in [5, 5.41) is 4.33. The van der Waals surface area contributed by atoms with Gasteiger partial charge in [-0.15, -0.1) is 11.3 Å². The van der Waals surface area contributed by atoms with E-state index in [1.807, 2.05) is 0 Å². The van der Waals surface area contributed by atoms with Crippen LogP contribution in [0.5, 0.6) is 0 Å². The molecule has 1 saturated heterocycles. The van der Waals surface area contributed by atoms with Crippen LogP contribution in [0.1, 0.15) is 34.5 Å². The van der Waals surface area contributed by atoms with Gasteiger partial charge in [0.15, 0.2) is 0 Å². The molecule has 3 rings (SSSR count). The van der Waals surface area contributed by atoms with Crippen molar-refractivity contribution in [1.82, 2.24) is 4.31 Å². The Hall–Kier alpha value is -2.23. The number of rotatable bonds is 6. The summed E-state index contributed by atoms with van der Waals surface area (Å²) in [5.41, 5.74) is 6.42. The Balaban J connectivity index is 1.76. The van der Waals surface area contributed by atoms with Crippen LogP contribution < -0.4 is 11.1 Å². The zero-order valence-electron chi connectivity index (χ0n) is 14.7. The van der Waals surface area contributed by atoms with Gasteiger partial charge >= 0.3 is 0 Å². The number of hydrogen-bond acceptors (Lipinski definition) is 5. The van der Waals surface area contributed by atoms with Crippen LogP contribution in [-0.4, -0.2) is 37.6 Å². The van der Waals surface area contributed by atoms with Crippen LogP contribution in [0.3, 0.4) is 0 Å². The zero-order valence-corrected chi connectivity index (χ0v) is 16.3. The van der Waals surface area contributed by atoms with Gasteiger partial charge in [-0.1, -0.05) is 18.6 Å². The molecular formula is C18H21N3O4S2. The van der Waals surface area contributed by atoms with Crippen LogP contribution in [0.25, 0.3) is 0 Å². The lowest BCUT2D eigenvalue weighted by Gasteiger charge is -2.25. The average Bonchev–Trinajstić information content (AvgIpc) is 3.14. The number of carbonyl (C=O) groups excluding carboxylic acids is 2. The smallest absolute Gasteiger partial charge is 0.267 e. The lowest BCUT2D eigenvalue weighted by Crippen LogP contribution is -2.36. The van der Waals surface area contributed by atoms with E-state index in [4.69, 9.17) is 5.73 Å². The van der Waals surface area contributed by atoms with Crippen molar-refractivity contribution >= 4 is 38.9 Å². The monoisotopic (exact) mass is 407 g/mol. The second-order valence-electron chi connectivity index (χ2n) is 6.37. The van der Waals surface area contributed by atoms with Crippen LogP contribution in [0.4, 0.5) is 5.69 Å². The molecule has 0 radical (unpaired) electrons. The number of nitrogens with one attached hydrogen (secondary N) is 1. The minimum absolute atomic E-state index is 0.0530. The summed E-state index contributed by atoms with van der Waals surface area (Å²) in [6, 6.07) is 8.19. The number of hydrogen-bond donors (Lipinski definition) is 2. The van der Waals surface area contributed by atoms with Gasteiger partial charge in [0.25, 0.3) is 5.91 Å². The third-order valence-corrected chi connectivity index (χ3v) is 7.34. The first-order valence-electron chi connectivity index (χ1n) is 8.64. The number of nitrogens with zero attached hydrogens (tertiary/aromatic N) is 1. The number of sulfonamides is 1. The van der Waals surface area contributed by atoms with Crippen LogP contribution in [-0.2, 0) is 21.2 Å². The molecule has 9 heteroatoms. The zero-order chi connectivity index (χ0) is 19.4. The Morgan fingerprint density at radius 1 is 1.07 bits per heavy atom. The fraction of sp³-hybridized carbons (Fsp3) is 0.333. The van der Waals surface area contributed by atoms with E-state index in [-0.39, 0.29) is 16.2 Å². The second kappa shape index (κ2) is 8.20. The molecule has 1 aromatic carbocycles. The average molecular weight is 408 g/mol. The summed E-state index contributed by atoms with van der Waals surface area (Å²) in [4.78, 5) is 23.8. The number of primary amides is 1. The van der Waals surface area contributed by atoms with E-state index in [0.717, 1.165) is 36.2 Å². The van der Waals surface area contributed by atoms with Gasteiger partial charge in [-0.3, -0.25) is 9.59 Å². The van der Waals surface area contributed by atoms with Crippen LogP contribution >= 0.6 is 11.3 Å². The molecule has 2 heterocycles. The fourth-order valence-corrected chi connectivity index (χ4v) is 5.82. The highest BCUT2D eigenvalue weighted by atomic mass is 32.2. The molecule has 0 atom stereocenters. The Kier molecular flexibility index (Phi) is 5.93. The maximum Gasteiger partial charge on any atom is 0.267 e. The predicted molar refractivity (Wildman–Crippen MR) is 104 cm³/mol. The van der Waals surface area contributed by atoms with Gasteiger partial charge in [-0.2, -0.15) is 4.31 Å². The van der Waals surface area contributed by atoms with Gasteiger partial charge < -0.3 is 11.1 Å². The highest BCUT2D eigenvalue weighted by Gasteiger charge is 2.31. The number of amides is 2. The Labute approximate surface area is 162 Å². The first-order chi connectivity index (χ1) is 12.9. The normalized spacial score (nSPS) is 15.4. The maximum atomic E-state index is 12.9. The van der Waals surface area contributed by atoms with Crippen molar-refractivity contribution in [1.29, 1.82) is 0 Å². The molecule has 0 bridgehead atoms. The van der Waals surface area contributed by atoms with E-state index in [1.54, 1.807) is 29.6 Å². The summed E-state index contributed by atoms with van der Waals surface area (Å²) in [6.07, 6.45) is 2.82. The lowest BCUT2D eigenvalue weighted by atomic mass is 10.1. The number of carbonyl (C=O) groups is 2. The molecule has 1 aliphatic heterocycles. The molecule has 144 valence electrons. The van der Waals surface area contributed by atoms with Crippen molar-refractivity contribution in [3.8, 4) is 0 Å². The summed E-state index contributed by atoms with van der Waals surface area (Å²) in [6.45, 7) is 0.973. The molecule has 2 aromatic rings. The maximum absolute atomic E-state index is 12.9. The molecular weight excluding hydrogens is 386 g/mol. The van der Waals surface area contributed by atoms with Crippen LogP contribution in [0.15, 0.2) is 40.6 Å². The summed E-state index contributed by atoms with van der Waals surface area (Å²) in [7, 11) is -3.68. The summed E-state index contributed by atoms with van der Waals surface area (Å²) >= 11 is 1.10. The molecule has 0 aliphatic carbocycles. The molecule has 0 saturated carbocycles. The highest BCUT2D eigenvalue weighted by Crippen LogP contribution is 2.28. The quantitative estimate of drug-likeness (QED) is 0.765. The third-order valence-electron chi connectivity index (χ3n) is 4.36. The van der Waals surface area contributed by atoms with Gasteiger partial charge in [0, 0.05) is 18.8 Å². The Bertz CT molecular complexity index is 930. The predicted octanol–water partition coefficient (Wildman–Crippen LogP) is 2.20. The van der Waals surface area contributed by atoms with Crippen molar-refractivity contribution in [2.75, 3.05) is 18.4 Å². The van der Waals surface area contributed by atoms with Crippen LogP contribution in [0.2, 0.25) is 0 Å². The minimum Gasteiger partial charge on any atom is -0.369 e. The number of piperidine rings is 1. The van der Waals surface area contributed by atoms with Gasteiger partial charge in [-0.05, 0) is 42.0 Å². The van der Waals surface area contributed by atoms with E-state index in [2.05, 4.69) is 5.32 Å². The molecule has 1 fully saturated rings. The second-order valence-corrected chi connectivity index (χ2v) is 9.20. The standard InChI is InChI=1S/C18H21N3O4S2/c19-16(22)12-13-4-6-14(7-5-13)20-18(23)17-15(8-11-26-17)27(24,25)21-9-2-1-3-10-21/h4-8,11H,1-3,9-10,12H2,(H2,19,22)(H,20,23). The minimum atomic E-state index is -3.68. The molecule has 27 heavy (non-hydrogen) atoms. The lowest BCUT2D eigenvalue weighted by molar-refractivity contribution is -0.117. The van der Waals surface area contributed by atoms with E-state index in [0.29, 0.717) is 18.8 Å². The van der Waals surface area contributed by atoms with Crippen LogP contribution in [0, 0.1) is 0 Å². The van der Waals surface area contributed by atoms with Gasteiger partial charge in [0.1, 0.15) is 9.77 Å². The Morgan fingerprint density at radius 2 is 1.74 bits per heavy atom. The van der Waals surface area contributed by atoms with Crippen molar-refractivity contribution in [3.05, 3.63) is 46.2 Å². The molecule has 1 aliphatic rings. The van der Waals surface area contributed by atoms with Crippen molar-refractivity contribution in [3.63, 3.8) is 0 Å². The van der Waals surface area contributed by atoms with E-state index >= 15 is 0 Å². The van der Waals surface area contributed by atoms with Gasteiger partial charge in [-0.25, -0.2) is 8.42 Å². The van der Waals surface area contributed by atoms with Gasteiger partial charge in [0.05, 0.1) is 6.42 Å². The first-order valence-corrected chi connectivity index (χ1v) is 11.0. The molecule has 0 unspecified atom stereocenters. The van der Waals surface area contributed by atoms with E-state index in [9.17, 15) is 18.0 Å². The van der Waals surface area contributed by atoms with E-state index in [1.165, 1.54) is 10.4 Å². The number of anilines is 1. The fourth-order valence-electron chi connectivity index (χ4n) is 3.01. The first kappa shape index (κ1) is 19.5. The van der Waals surface area contributed by atoms with Crippen molar-refractivity contribution < 1.29 is 18.0 Å². The molecule has 7 nitrogen and oxygen atoms in total. The topological polar surface area (TPSA) is 110 Å². The SMILES string of the molecule is NC(=O)Cc1ccc(NC(=O)c2sccc2S(=O)(=O)N2CCCCC2)cc1. The summed E-state index contributed by atoms with van der Waals surface area (Å²) in [5.74, 6) is -0.902. The largest absolute Gasteiger partial charge is 0.369 e. The number of nitrogens with two attached hydrogens (primary N) is 1. The molecule has 1 aromatic heterocycles. The summed E-state index contributed by atoms with van der Waals surface area (Å²) < 4.78 is 27.2. The Morgan fingerprint density at radius 3 is 2.37 bits per heavy atom. The van der Waals surface area contributed by atoms with Gasteiger partial charge in [0.2, 0.25) is 15.9 Å². The molecule has 3 N–H and O–H groups in total. The highest BCUT2D eigenvalue weighted by molar-refractivity contribution is 7.89.